The van der Waals surface area contributed by atoms with Gasteiger partial charge in [-0.3, -0.25) is 14.5 Å². The van der Waals surface area contributed by atoms with Gasteiger partial charge in [-0.25, -0.2) is 0 Å². The van der Waals surface area contributed by atoms with Crippen LogP contribution in [0.2, 0.25) is 0 Å². The van der Waals surface area contributed by atoms with Gasteiger partial charge < -0.3 is 19.4 Å². The van der Waals surface area contributed by atoms with Gasteiger partial charge in [-0.05, 0) is 48.6 Å². The van der Waals surface area contributed by atoms with E-state index in [0.717, 1.165) is 59.2 Å². The first-order valence-corrected chi connectivity index (χ1v) is 14.1. The highest BCUT2D eigenvalue weighted by Crippen LogP contribution is 2.36. The third-order valence-corrected chi connectivity index (χ3v) is 8.30. The van der Waals surface area contributed by atoms with E-state index in [1.54, 1.807) is 12.0 Å². The molecule has 1 atom stereocenters. The zero-order valence-corrected chi connectivity index (χ0v) is 23.2. The van der Waals surface area contributed by atoms with Crippen molar-refractivity contribution in [2.75, 3.05) is 20.3 Å². The Morgan fingerprint density at radius 1 is 1.26 bits per heavy atom. The van der Waals surface area contributed by atoms with Crippen LogP contribution in [-0.2, 0) is 33.8 Å². The molecule has 1 N–H and O–H groups in total. The van der Waals surface area contributed by atoms with Gasteiger partial charge in [-0.15, -0.1) is 0 Å². The Balaban J connectivity index is 1.38. The lowest BCUT2D eigenvalue weighted by molar-refractivity contribution is -0.123. The topological polar surface area (TPSA) is 72.8 Å². The number of para-hydroxylation sites is 1. The van der Waals surface area contributed by atoms with Crippen molar-refractivity contribution in [2.24, 2.45) is 0 Å². The molecule has 0 radical (unpaired) electrons. The molecule has 0 saturated carbocycles. The van der Waals surface area contributed by atoms with Gasteiger partial charge >= 0.3 is 0 Å². The van der Waals surface area contributed by atoms with Gasteiger partial charge in [0, 0.05) is 30.3 Å². The van der Waals surface area contributed by atoms with Crippen LogP contribution in [0.25, 0.3) is 17.0 Å². The highest BCUT2D eigenvalue weighted by atomic mass is 32.2. The molecule has 7 nitrogen and oxygen atoms in total. The van der Waals surface area contributed by atoms with E-state index in [1.165, 1.54) is 11.8 Å². The minimum Gasteiger partial charge on any atom is -0.497 e. The van der Waals surface area contributed by atoms with Crippen LogP contribution in [0.4, 0.5) is 0 Å². The number of amides is 2. The van der Waals surface area contributed by atoms with Gasteiger partial charge in [0.05, 0.1) is 30.2 Å². The van der Waals surface area contributed by atoms with Gasteiger partial charge in [-0.2, -0.15) is 0 Å². The molecular weight excluding hydrogens is 518 g/mol. The number of ether oxygens (including phenoxy) is 2. The molecule has 2 amide bonds. The van der Waals surface area contributed by atoms with Crippen LogP contribution < -0.4 is 10.1 Å². The number of thioether (sulfide) groups is 1. The molecule has 9 heteroatoms. The molecule has 2 saturated heterocycles. The summed E-state index contributed by atoms with van der Waals surface area (Å²) in [7, 11) is 1.63. The van der Waals surface area contributed by atoms with Crippen molar-refractivity contribution in [3.05, 3.63) is 70.3 Å². The molecule has 2 fully saturated rings. The largest absolute Gasteiger partial charge is 0.497 e. The smallest absolute Gasteiger partial charge is 0.266 e. The summed E-state index contributed by atoms with van der Waals surface area (Å²) < 4.78 is 13.4. The van der Waals surface area contributed by atoms with Crippen molar-refractivity contribution in [3.8, 4) is 5.75 Å². The zero-order valence-electron chi connectivity index (χ0n) is 21.6. The highest BCUT2D eigenvalue weighted by Gasteiger charge is 2.32. The van der Waals surface area contributed by atoms with E-state index in [4.69, 9.17) is 21.7 Å². The lowest BCUT2D eigenvalue weighted by Crippen LogP contribution is -2.34. The maximum atomic E-state index is 13.3. The number of nitrogens with zero attached hydrogens (tertiary/aromatic N) is 2. The first-order valence-electron chi connectivity index (χ1n) is 12.8. The van der Waals surface area contributed by atoms with Crippen LogP contribution in [0.3, 0.4) is 0 Å². The molecule has 1 aromatic heterocycles. The summed E-state index contributed by atoms with van der Waals surface area (Å²) in [6, 6.07) is 13.8. The molecule has 0 unspecified atom stereocenters. The van der Waals surface area contributed by atoms with E-state index in [0.29, 0.717) is 22.3 Å². The van der Waals surface area contributed by atoms with E-state index in [2.05, 4.69) is 18.3 Å². The molecule has 5 rings (SSSR count). The Hall–Kier alpha value is -3.14. The Bertz CT molecular complexity index is 1390. The van der Waals surface area contributed by atoms with E-state index in [-0.39, 0.29) is 24.5 Å². The average molecular weight is 550 g/mol. The number of rotatable bonds is 9. The van der Waals surface area contributed by atoms with Crippen molar-refractivity contribution >= 4 is 57.1 Å². The van der Waals surface area contributed by atoms with Gasteiger partial charge in [-0.1, -0.05) is 61.2 Å². The zero-order chi connectivity index (χ0) is 26.6. The van der Waals surface area contributed by atoms with Crippen LogP contribution in [0.15, 0.2) is 53.6 Å². The fourth-order valence-electron chi connectivity index (χ4n) is 4.93. The molecule has 3 heterocycles. The molecule has 0 bridgehead atoms. The maximum Gasteiger partial charge on any atom is 0.266 e. The fourth-order valence-corrected chi connectivity index (χ4v) is 6.17. The molecule has 0 aliphatic carbocycles. The number of aryl methyl sites for hydroxylation is 1. The number of carbonyl (C=O) groups is 2. The molecule has 198 valence electrons. The van der Waals surface area contributed by atoms with Crippen molar-refractivity contribution in [3.63, 3.8) is 0 Å². The van der Waals surface area contributed by atoms with E-state index in [1.807, 2.05) is 53.2 Å². The second-order valence-electron chi connectivity index (χ2n) is 9.43. The molecule has 3 aromatic rings. The van der Waals surface area contributed by atoms with Gasteiger partial charge in [0.1, 0.15) is 16.6 Å². The van der Waals surface area contributed by atoms with Crippen molar-refractivity contribution < 1.29 is 19.1 Å². The van der Waals surface area contributed by atoms with E-state index >= 15 is 0 Å². The fraction of sp³-hybridized carbons (Fsp3) is 0.345. The maximum absolute atomic E-state index is 13.3. The standard InChI is InChI=1S/C29H31N3O4S2/c1-3-20-6-4-8-24-21(17-31(27(20)24)18-26(33)30-15-23-7-5-13-36-23)14-25-28(34)32(29(37)38-25)16-19-9-11-22(35-2)12-10-19/h4,6,8-12,14,17,23H,3,5,7,13,15-16,18H2,1-2H3,(H,30,33)/b25-14-/t23-/m1/s1. The third-order valence-electron chi connectivity index (χ3n) is 6.92. The van der Waals surface area contributed by atoms with Gasteiger partial charge in [0.2, 0.25) is 5.91 Å². The lowest BCUT2D eigenvalue weighted by atomic mass is 10.1. The first kappa shape index (κ1) is 26.5. The SMILES string of the molecule is CCc1cccc2c(/C=C3\SC(=S)N(Cc4ccc(OC)cc4)C3=O)cn(CC(=O)NC[C@H]3CCCO3)c12. The molecule has 38 heavy (non-hydrogen) atoms. The second-order valence-corrected chi connectivity index (χ2v) is 11.1. The lowest BCUT2D eigenvalue weighted by Gasteiger charge is -2.14. The summed E-state index contributed by atoms with van der Waals surface area (Å²) in [4.78, 5) is 28.4. The van der Waals surface area contributed by atoms with Crippen LogP contribution in [0, 0.1) is 0 Å². The minimum atomic E-state index is -0.113. The number of fused-ring (bicyclic) bond motifs is 1. The van der Waals surface area contributed by atoms with Crippen molar-refractivity contribution in [1.82, 2.24) is 14.8 Å². The number of benzene rings is 2. The number of carbonyl (C=O) groups excluding carboxylic acids is 2. The Morgan fingerprint density at radius 2 is 2.08 bits per heavy atom. The number of aromatic nitrogens is 1. The Morgan fingerprint density at radius 3 is 2.79 bits per heavy atom. The Labute approximate surface area is 232 Å². The summed E-state index contributed by atoms with van der Waals surface area (Å²) >= 11 is 6.87. The van der Waals surface area contributed by atoms with Crippen LogP contribution in [0.5, 0.6) is 5.75 Å². The predicted molar refractivity (Wildman–Crippen MR) is 155 cm³/mol. The molecule has 0 spiro atoms. The minimum absolute atomic E-state index is 0.0549. The molecular formula is C29H31N3O4S2. The first-order chi connectivity index (χ1) is 18.5. The summed E-state index contributed by atoms with van der Waals surface area (Å²) in [5.74, 6) is 0.598. The highest BCUT2D eigenvalue weighted by molar-refractivity contribution is 8.26. The third kappa shape index (κ3) is 5.65. The second kappa shape index (κ2) is 11.7. The number of hydrogen-bond acceptors (Lipinski definition) is 6. The Kier molecular flexibility index (Phi) is 8.16. The van der Waals surface area contributed by atoms with E-state index < -0.39 is 0 Å². The number of thiocarbonyl (C=S) groups is 1. The van der Waals surface area contributed by atoms with Gasteiger partial charge in [0.25, 0.3) is 5.91 Å². The normalized spacial score (nSPS) is 18.6. The number of methoxy groups -OCH3 is 1. The van der Waals surface area contributed by atoms with Crippen LogP contribution in [-0.4, -0.2) is 52.0 Å². The monoisotopic (exact) mass is 549 g/mol. The van der Waals surface area contributed by atoms with Crippen LogP contribution >= 0.6 is 24.0 Å². The van der Waals surface area contributed by atoms with E-state index in [9.17, 15) is 9.59 Å². The molecule has 2 aliphatic heterocycles. The number of hydrogen-bond donors (Lipinski definition) is 1. The summed E-state index contributed by atoms with van der Waals surface area (Å²) in [5, 5.41) is 4.03. The number of nitrogens with one attached hydrogen (secondary N) is 1. The van der Waals surface area contributed by atoms with Gasteiger partial charge in [0.15, 0.2) is 0 Å². The summed E-state index contributed by atoms with van der Waals surface area (Å²) in [6.45, 7) is 4.00. The quantitative estimate of drug-likeness (QED) is 0.302. The van der Waals surface area contributed by atoms with Crippen molar-refractivity contribution in [1.29, 1.82) is 0 Å². The van der Waals surface area contributed by atoms with Crippen LogP contribution in [0.1, 0.15) is 36.5 Å². The summed E-state index contributed by atoms with van der Waals surface area (Å²) in [6.07, 6.45) is 6.82. The molecule has 2 aromatic carbocycles. The summed E-state index contributed by atoms with van der Waals surface area (Å²) in [5.41, 5.74) is 4.04. The molecule has 2 aliphatic rings. The average Bonchev–Trinajstić information content (AvgIpc) is 3.64. The van der Waals surface area contributed by atoms with Crippen molar-refractivity contribution in [2.45, 2.75) is 45.4 Å². The predicted octanol–water partition coefficient (Wildman–Crippen LogP) is 4.91.